The van der Waals surface area contributed by atoms with Crippen LogP contribution < -0.4 is 20.3 Å². The average Bonchev–Trinajstić information content (AvgIpc) is 3.52. The maximum absolute atomic E-state index is 13.1. The van der Waals surface area contributed by atoms with Crippen LogP contribution in [-0.2, 0) is 6.54 Å². The predicted molar refractivity (Wildman–Crippen MR) is 167 cm³/mol. The van der Waals surface area contributed by atoms with Gasteiger partial charge in [-0.15, -0.1) is 5.10 Å². The molecule has 2 N–H and O–H groups in total. The van der Waals surface area contributed by atoms with Crippen molar-refractivity contribution in [1.29, 1.82) is 0 Å². The maximum atomic E-state index is 13.1. The molecule has 6 rings (SSSR count). The SMILES string of the molecule is COc1ccc(CNC(=O)c2ccc(-n3c(=O)ccc4c(C)nc(Sc5n[nH]c(-c6ccccc6)n5)nc43)cc2)cc1OC. The molecule has 0 fully saturated rings. The lowest BCUT2D eigenvalue weighted by Crippen LogP contribution is -2.23. The van der Waals surface area contributed by atoms with E-state index in [4.69, 9.17) is 14.5 Å². The van der Waals surface area contributed by atoms with Crippen molar-refractivity contribution < 1.29 is 14.3 Å². The lowest BCUT2D eigenvalue weighted by Gasteiger charge is -2.12. The normalized spacial score (nSPS) is 11.0. The van der Waals surface area contributed by atoms with Gasteiger partial charge in [0.05, 0.1) is 25.6 Å². The Labute approximate surface area is 256 Å². The molecule has 0 bridgehead atoms. The van der Waals surface area contributed by atoms with Gasteiger partial charge in [0.25, 0.3) is 11.5 Å². The summed E-state index contributed by atoms with van der Waals surface area (Å²) in [5.74, 6) is 1.58. The van der Waals surface area contributed by atoms with Crippen molar-refractivity contribution in [3.05, 3.63) is 112 Å². The molecule has 11 nitrogen and oxygen atoms in total. The zero-order chi connectivity index (χ0) is 30.6. The van der Waals surface area contributed by atoms with Gasteiger partial charge in [-0.05, 0) is 66.7 Å². The Kier molecular flexibility index (Phi) is 8.06. The Bertz CT molecular complexity index is 2030. The number of H-pyrrole nitrogens is 1. The number of nitrogens with one attached hydrogen (secondary N) is 2. The number of hydrogen-bond donors (Lipinski definition) is 2. The second kappa shape index (κ2) is 12.4. The predicted octanol–water partition coefficient (Wildman–Crippen LogP) is 4.97. The van der Waals surface area contributed by atoms with Gasteiger partial charge in [-0.2, -0.15) is 0 Å². The maximum Gasteiger partial charge on any atom is 0.256 e. The van der Waals surface area contributed by atoms with Crippen molar-refractivity contribution in [2.75, 3.05) is 14.2 Å². The molecule has 0 aliphatic heterocycles. The highest BCUT2D eigenvalue weighted by Gasteiger charge is 2.16. The summed E-state index contributed by atoms with van der Waals surface area (Å²) in [6.07, 6.45) is 0. The molecule has 0 saturated carbocycles. The van der Waals surface area contributed by atoms with Gasteiger partial charge in [0.15, 0.2) is 28.1 Å². The van der Waals surface area contributed by atoms with Crippen LogP contribution in [0.1, 0.15) is 21.6 Å². The van der Waals surface area contributed by atoms with Crippen molar-refractivity contribution >= 4 is 28.7 Å². The van der Waals surface area contributed by atoms with Gasteiger partial charge in [-0.1, -0.05) is 36.4 Å². The number of hydrogen-bond acceptors (Lipinski definition) is 9. The van der Waals surface area contributed by atoms with Crippen molar-refractivity contribution in [3.8, 4) is 28.6 Å². The molecule has 0 aliphatic carbocycles. The Morgan fingerprint density at radius 3 is 2.41 bits per heavy atom. The molecule has 6 aromatic rings. The van der Waals surface area contributed by atoms with Gasteiger partial charge >= 0.3 is 0 Å². The molecule has 44 heavy (non-hydrogen) atoms. The summed E-state index contributed by atoms with van der Waals surface area (Å²) in [5, 5.41) is 11.7. The third-order valence-corrected chi connectivity index (χ3v) is 7.63. The molecule has 0 radical (unpaired) electrons. The summed E-state index contributed by atoms with van der Waals surface area (Å²) >= 11 is 1.20. The van der Waals surface area contributed by atoms with Crippen LogP contribution in [0.25, 0.3) is 28.1 Å². The molecule has 0 unspecified atom stereocenters. The number of nitrogens with zero attached hydrogens (tertiary/aromatic N) is 5. The van der Waals surface area contributed by atoms with E-state index in [0.29, 0.717) is 56.8 Å². The zero-order valence-electron chi connectivity index (χ0n) is 24.1. The Hall–Kier alpha value is -5.49. The van der Waals surface area contributed by atoms with E-state index in [1.54, 1.807) is 50.6 Å². The number of amides is 1. The lowest BCUT2D eigenvalue weighted by atomic mass is 10.1. The monoisotopic (exact) mass is 605 g/mol. The number of aromatic amines is 1. The summed E-state index contributed by atoms with van der Waals surface area (Å²) in [5.41, 5.74) is 3.67. The Morgan fingerprint density at radius 1 is 0.886 bits per heavy atom. The molecular formula is C32H27N7O4S. The van der Waals surface area contributed by atoms with Gasteiger partial charge in [-0.3, -0.25) is 19.3 Å². The minimum absolute atomic E-state index is 0.255. The molecule has 0 atom stereocenters. The van der Waals surface area contributed by atoms with Crippen molar-refractivity contribution in [2.45, 2.75) is 23.8 Å². The Morgan fingerprint density at radius 2 is 1.66 bits per heavy atom. The lowest BCUT2D eigenvalue weighted by molar-refractivity contribution is 0.0951. The van der Waals surface area contributed by atoms with Crippen molar-refractivity contribution in [2.24, 2.45) is 0 Å². The van der Waals surface area contributed by atoms with E-state index in [0.717, 1.165) is 16.5 Å². The van der Waals surface area contributed by atoms with Gasteiger partial charge in [0.1, 0.15) is 0 Å². The van der Waals surface area contributed by atoms with Gasteiger partial charge in [-0.25, -0.2) is 15.0 Å². The van der Waals surface area contributed by atoms with Gasteiger partial charge < -0.3 is 14.8 Å². The quantitative estimate of drug-likeness (QED) is 0.219. The highest BCUT2D eigenvalue weighted by molar-refractivity contribution is 7.99. The fourth-order valence-electron chi connectivity index (χ4n) is 4.67. The minimum Gasteiger partial charge on any atom is -0.493 e. The molecule has 12 heteroatoms. The highest BCUT2D eigenvalue weighted by Crippen LogP contribution is 2.28. The number of benzene rings is 3. The number of carbonyl (C=O) groups excluding carboxylic acids is 1. The highest BCUT2D eigenvalue weighted by atomic mass is 32.2. The molecule has 3 heterocycles. The number of carbonyl (C=O) groups is 1. The Balaban J connectivity index is 1.24. The number of pyridine rings is 1. The van der Waals surface area contributed by atoms with E-state index < -0.39 is 0 Å². The number of ether oxygens (including phenoxy) is 2. The number of rotatable bonds is 9. The van der Waals surface area contributed by atoms with Gasteiger partial charge in [0, 0.05) is 29.1 Å². The molecule has 220 valence electrons. The fourth-order valence-corrected chi connectivity index (χ4v) is 5.38. The molecule has 3 aromatic carbocycles. The average molecular weight is 606 g/mol. The smallest absolute Gasteiger partial charge is 0.256 e. The van der Waals surface area contributed by atoms with Gasteiger partial charge in [0.2, 0.25) is 5.16 Å². The van der Waals surface area contributed by atoms with Crippen LogP contribution in [0.5, 0.6) is 11.5 Å². The summed E-state index contributed by atoms with van der Waals surface area (Å²) in [6.45, 7) is 2.17. The van der Waals surface area contributed by atoms with Crippen LogP contribution in [-0.4, -0.2) is 49.8 Å². The minimum atomic E-state index is -0.263. The summed E-state index contributed by atoms with van der Waals surface area (Å²) in [7, 11) is 3.13. The molecule has 1 amide bonds. The summed E-state index contributed by atoms with van der Waals surface area (Å²) < 4.78 is 12.1. The standard InChI is InChI=1S/C32H27N7O4S/c1-19-24-14-16-27(40)39(29(24)36-31(34-19)44-32-35-28(37-38-32)21-7-5-4-6-8-21)23-12-10-22(11-13-23)30(41)33-18-20-9-15-25(42-2)26(17-20)43-3/h4-17H,18H2,1-3H3,(H,33,41)(H,35,37,38). The van der Waals surface area contributed by atoms with E-state index in [2.05, 4.69) is 25.5 Å². The number of aromatic nitrogens is 6. The summed E-state index contributed by atoms with van der Waals surface area (Å²) in [6, 6.07) is 25.1. The molecule has 0 saturated heterocycles. The van der Waals surface area contributed by atoms with E-state index in [9.17, 15) is 9.59 Å². The third kappa shape index (κ3) is 5.88. The second-order valence-electron chi connectivity index (χ2n) is 9.69. The third-order valence-electron chi connectivity index (χ3n) is 6.90. The number of fused-ring (bicyclic) bond motifs is 1. The molecule has 0 spiro atoms. The van der Waals surface area contributed by atoms with E-state index in [1.807, 2.05) is 49.4 Å². The summed E-state index contributed by atoms with van der Waals surface area (Å²) in [4.78, 5) is 39.9. The van der Waals surface area contributed by atoms with Crippen LogP contribution in [0.4, 0.5) is 0 Å². The van der Waals surface area contributed by atoms with E-state index >= 15 is 0 Å². The van der Waals surface area contributed by atoms with E-state index in [1.165, 1.54) is 22.4 Å². The first kappa shape index (κ1) is 28.6. The van der Waals surface area contributed by atoms with Crippen LogP contribution in [0.15, 0.2) is 100 Å². The first-order chi connectivity index (χ1) is 21.4. The van der Waals surface area contributed by atoms with Crippen molar-refractivity contribution in [3.63, 3.8) is 0 Å². The molecule has 0 aliphatic rings. The topological polar surface area (TPSA) is 137 Å². The fraction of sp³-hybridized carbons (Fsp3) is 0.125. The second-order valence-corrected chi connectivity index (χ2v) is 10.6. The van der Waals surface area contributed by atoms with Crippen molar-refractivity contribution in [1.82, 2.24) is 35.0 Å². The number of methoxy groups -OCH3 is 2. The molecule has 3 aromatic heterocycles. The molecular weight excluding hydrogens is 578 g/mol. The van der Waals surface area contributed by atoms with E-state index in [-0.39, 0.29) is 11.5 Å². The first-order valence-electron chi connectivity index (χ1n) is 13.6. The van der Waals surface area contributed by atoms with Crippen LogP contribution in [0.2, 0.25) is 0 Å². The van der Waals surface area contributed by atoms with Crippen LogP contribution >= 0.6 is 11.8 Å². The van der Waals surface area contributed by atoms with Crippen LogP contribution in [0.3, 0.4) is 0 Å². The zero-order valence-corrected chi connectivity index (χ0v) is 24.9. The van der Waals surface area contributed by atoms with Crippen LogP contribution in [0, 0.1) is 6.92 Å². The number of aryl methyl sites for hydroxylation is 1. The largest absolute Gasteiger partial charge is 0.493 e. The first-order valence-corrected chi connectivity index (χ1v) is 14.4.